The number of hydrogen-bond donors (Lipinski definition) is 1. The Morgan fingerprint density at radius 2 is 2.00 bits per heavy atom. The van der Waals surface area contributed by atoms with Crippen molar-refractivity contribution in [2.24, 2.45) is 0 Å². The van der Waals surface area contributed by atoms with E-state index in [2.05, 4.69) is 6.07 Å². The molecule has 0 radical (unpaired) electrons. The highest BCUT2D eigenvalue weighted by atomic mass is 16.5. The Bertz CT molecular complexity index is 323. The maximum Gasteiger partial charge on any atom is 0.142 e. The Labute approximate surface area is 84.9 Å². The van der Waals surface area contributed by atoms with E-state index < -0.39 is 0 Å². The summed E-state index contributed by atoms with van der Waals surface area (Å²) in [7, 11) is 3.48. The van der Waals surface area contributed by atoms with Gasteiger partial charge in [-0.25, -0.2) is 0 Å². The molecule has 78 valence electrons. The third-order valence-electron chi connectivity index (χ3n) is 2.22. The first kappa shape index (κ1) is 10.9. The highest BCUT2D eigenvalue weighted by molar-refractivity contribution is 5.64. The van der Waals surface area contributed by atoms with E-state index in [1.807, 2.05) is 27.0 Å². The normalized spacial score (nSPS) is 10.1. The van der Waals surface area contributed by atoms with Crippen LogP contribution >= 0.6 is 0 Å². The molecule has 0 atom stereocenters. The van der Waals surface area contributed by atoms with Gasteiger partial charge in [-0.1, -0.05) is 6.07 Å². The summed E-state index contributed by atoms with van der Waals surface area (Å²) >= 11 is 0. The smallest absolute Gasteiger partial charge is 0.142 e. The largest absolute Gasteiger partial charge is 0.495 e. The zero-order valence-electron chi connectivity index (χ0n) is 9.16. The summed E-state index contributed by atoms with van der Waals surface area (Å²) in [6.07, 6.45) is 0. The second-order valence-electron chi connectivity index (χ2n) is 3.47. The van der Waals surface area contributed by atoms with Crippen molar-refractivity contribution in [3.8, 4) is 5.75 Å². The fourth-order valence-corrected chi connectivity index (χ4v) is 1.64. The minimum Gasteiger partial charge on any atom is -0.495 e. The number of benzene rings is 1. The van der Waals surface area contributed by atoms with Crippen molar-refractivity contribution in [2.45, 2.75) is 13.8 Å². The molecular weight excluding hydrogens is 178 g/mol. The molecule has 0 bridgehead atoms. The van der Waals surface area contributed by atoms with Crippen LogP contribution in [0.5, 0.6) is 5.75 Å². The molecule has 0 aromatic heterocycles. The van der Waals surface area contributed by atoms with Crippen molar-refractivity contribution in [2.75, 3.05) is 25.8 Å². The summed E-state index contributed by atoms with van der Waals surface area (Å²) in [5.41, 5.74) is 3.22. The Kier molecular flexibility index (Phi) is 3.36. The van der Waals surface area contributed by atoms with Gasteiger partial charge in [0.2, 0.25) is 0 Å². The molecular formula is C11H17NO2. The number of methoxy groups -OCH3 is 1. The van der Waals surface area contributed by atoms with Crippen LogP contribution in [0.3, 0.4) is 0 Å². The molecule has 1 aromatic carbocycles. The van der Waals surface area contributed by atoms with Gasteiger partial charge in [0.05, 0.1) is 12.8 Å². The predicted octanol–water partition coefficient (Wildman–Crippen LogP) is 1.70. The third-order valence-corrected chi connectivity index (χ3v) is 2.22. The Hall–Kier alpha value is -1.22. The van der Waals surface area contributed by atoms with Crippen molar-refractivity contribution in [1.82, 2.24) is 0 Å². The van der Waals surface area contributed by atoms with Crippen LogP contribution in [0.1, 0.15) is 11.1 Å². The van der Waals surface area contributed by atoms with E-state index in [1.165, 1.54) is 0 Å². The van der Waals surface area contributed by atoms with Gasteiger partial charge in [0.25, 0.3) is 0 Å². The third kappa shape index (κ3) is 1.99. The average molecular weight is 195 g/mol. The number of aliphatic hydroxyl groups is 1. The Morgan fingerprint density at radius 3 is 2.50 bits per heavy atom. The quantitative estimate of drug-likeness (QED) is 0.745. The summed E-state index contributed by atoms with van der Waals surface area (Å²) in [6.45, 7) is 4.02. The number of nitrogens with zero attached hydrogens (tertiary/aromatic N) is 1. The standard InChI is InChI=1S/C11H17NO2/c1-8-5-9(2)11(12(3)7-13)10(6-8)14-4/h5-6,13H,7H2,1-4H3. The van der Waals surface area contributed by atoms with Gasteiger partial charge in [0.15, 0.2) is 0 Å². The number of aliphatic hydroxyl groups excluding tert-OH is 1. The van der Waals surface area contributed by atoms with E-state index in [9.17, 15) is 0 Å². The van der Waals surface area contributed by atoms with Crippen LogP contribution in [0.25, 0.3) is 0 Å². The number of rotatable bonds is 3. The monoisotopic (exact) mass is 195 g/mol. The summed E-state index contributed by atoms with van der Waals surface area (Å²) in [4.78, 5) is 1.76. The number of anilines is 1. The molecule has 0 heterocycles. The van der Waals surface area contributed by atoms with Gasteiger partial charge >= 0.3 is 0 Å². The molecule has 14 heavy (non-hydrogen) atoms. The number of ether oxygens (including phenoxy) is 1. The zero-order chi connectivity index (χ0) is 10.7. The molecule has 0 saturated heterocycles. The van der Waals surface area contributed by atoms with E-state index in [0.717, 1.165) is 22.6 Å². The van der Waals surface area contributed by atoms with Crippen LogP contribution in [0.2, 0.25) is 0 Å². The maximum atomic E-state index is 9.07. The van der Waals surface area contributed by atoms with Crippen LogP contribution in [0.4, 0.5) is 5.69 Å². The molecule has 3 heteroatoms. The van der Waals surface area contributed by atoms with Gasteiger partial charge in [-0.2, -0.15) is 0 Å². The van der Waals surface area contributed by atoms with Gasteiger partial charge in [0.1, 0.15) is 12.5 Å². The molecule has 0 saturated carbocycles. The Morgan fingerprint density at radius 1 is 1.36 bits per heavy atom. The van der Waals surface area contributed by atoms with Gasteiger partial charge in [-0.3, -0.25) is 0 Å². The molecule has 3 nitrogen and oxygen atoms in total. The predicted molar refractivity (Wildman–Crippen MR) is 58.0 cm³/mol. The molecule has 1 N–H and O–H groups in total. The average Bonchev–Trinajstić information content (AvgIpc) is 2.15. The van der Waals surface area contributed by atoms with Crippen LogP contribution < -0.4 is 9.64 Å². The first-order valence-corrected chi connectivity index (χ1v) is 4.57. The highest BCUT2D eigenvalue weighted by Crippen LogP contribution is 2.31. The lowest BCUT2D eigenvalue weighted by Gasteiger charge is -2.21. The lowest BCUT2D eigenvalue weighted by molar-refractivity contribution is 0.296. The number of hydrogen-bond acceptors (Lipinski definition) is 3. The molecule has 0 aliphatic carbocycles. The Balaban J connectivity index is 3.24. The van der Waals surface area contributed by atoms with Gasteiger partial charge in [-0.05, 0) is 31.0 Å². The molecule has 1 aromatic rings. The molecule has 1 rings (SSSR count). The fourth-order valence-electron chi connectivity index (χ4n) is 1.64. The summed E-state index contributed by atoms with van der Waals surface area (Å²) in [5.74, 6) is 0.805. The first-order chi connectivity index (χ1) is 6.60. The first-order valence-electron chi connectivity index (χ1n) is 4.57. The van der Waals surface area contributed by atoms with Gasteiger partial charge < -0.3 is 14.7 Å². The van der Waals surface area contributed by atoms with Gasteiger partial charge in [-0.15, -0.1) is 0 Å². The summed E-state index contributed by atoms with van der Waals surface area (Å²) in [5, 5.41) is 9.07. The zero-order valence-corrected chi connectivity index (χ0v) is 9.16. The molecule has 0 amide bonds. The van der Waals surface area contributed by atoms with Crippen molar-refractivity contribution in [1.29, 1.82) is 0 Å². The van der Waals surface area contributed by atoms with Gasteiger partial charge in [0, 0.05) is 7.05 Å². The van der Waals surface area contributed by atoms with Crippen LogP contribution in [-0.4, -0.2) is 26.0 Å². The summed E-state index contributed by atoms with van der Waals surface area (Å²) < 4.78 is 5.28. The van der Waals surface area contributed by atoms with Crippen molar-refractivity contribution in [3.05, 3.63) is 23.3 Å². The minimum absolute atomic E-state index is 0.0136. The maximum absolute atomic E-state index is 9.07. The van der Waals surface area contributed by atoms with Crippen molar-refractivity contribution < 1.29 is 9.84 Å². The van der Waals surface area contributed by atoms with Crippen molar-refractivity contribution >= 4 is 5.69 Å². The summed E-state index contributed by atoms with van der Waals surface area (Å²) in [6, 6.07) is 4.04. The lowest BCUT2D eigenvalue weighted by atomic mass is 10.1. The minimum atomic E-state index is -0.0136. The van der Waals surface area contributed by atoms with Crippen LogP contribution in [0, 0.1) is 13.8 Å². The highest BCUT2D eigenvalue weighted by Gasteiger charge is 2.10. The molecule has 0 fully saturated rings. The topological polar surface area (TPSA) is 32.7 Å². The van der Waals surface area contributed by atoms with Crippen molar-refractivity contribution in [3.63, 3.8) is 0 Å². The molecule has 0 unspecified atom stereocenters. The molecule has 0 spiro atoms. The van der Waals surface area contributed by atoms with E-state index in [-0.39, 0.29) is 6.73 Å². The van der Waals surface area contributed by atoms with Crippen LogP contribution in [0.15, 0.2) is 12.1 Å². The lowest BCUT2D eigenvalue weighted by Crippen LogP contribution is -2.19. The van der Waals surface area contributed by atoms with E-state index >= 15 is 0 Å². The van der Waals surface area contributed by atoms with Crippen LogP contribution in [-0.2, 0) is 0 Å². The molecule has 0 aliphatic heterocycles. The SMILES string of the molecule is COc1cc(C)cc(C)c1N(C)CO. The van der Waals surface area contributed by atoms with E-state index in [1.54, 1.807) is 12.0 Å². The fraction of sp³-hybridized carbons (Fsp3) is 0.455. The van der Waals surface area contributed by atoms with E-state index in [0.29, 0.717) is 0 Å². The van der Waals surface area contributed by atoms with E-state index in [4.69, 9.17) is 9.84 Å². The molecule has 0 aliphatic rings. The second-order valence-corrected chi connectivity index (χ2v) is 3.47. The number of aryl methyl sites for hydroxylation is 2. The second kappa shape index (κ2) is 4.33.